The number of phenolic OH excluding ortho intramolecular Hbond substituents is 1. The van der Waals surface area contributed by atoms with Crippen molar-refractivity contribution in [3.63, 3.8) is 0 Å². The van der Waals surface area contributed by atoms with E-state index < -0.39 is 17.4 Å². The lowest BCUT2D eigenvalue weighted by atomic mass is 9.96. The molecule has 0 bridgehead atoms. The number of alkyl halides is 4. The van der Waals surface area contributed by atoms with Gasteiger partial charge in [0.05, 0.1) is 5.69 Å². The van der Waals surface area contributed by atoms with Gasteiger partial charge in [0.15, 0.2) is 0 Å². The van der Waals surface area contributed by atoms with Crippen LogP contribution in [0.4, 0.5) is 23.2 Å². The summed E-state index contributed by atoms with van der Waals surface area (Å²) in [5.41, 5.74) is 0.774. The van der Waals surface area contributed by atoms with Crippen LogP contribution in [0.1, 0.15) is 12.5 Å². The van der Waals surface area contributed by atoms with Crippen LogP contribution in [-0.4, -0.2) is 11.3 Å². The summed E-state index contributed by atoms with van der Waals surface area (Å²) >= 11 is 0. The minimum absolute atomic E-state index is 0.291. The largest absolute Gasteiger partial charge is 0.506 e. The number of benzene rings is 1. The second-order valence-electron chi connectivity index (χ2n) is 3.27. The summed E-state index contributed by atoms with van der Waals surface area (Å²) in [6.45, 7) is 0.402. The Morgan fingerprint density at radius 3 is 2.13 bits per heavy atom. The highest BCUT2D eigenvalue weighted by atomic mass is 19.4. The maximum Gasteiger partial charge on any atom is 0.426 e. The van der Waals surface area contributed by atoms with Crippen LogP contribution < -0.4 is 5.73 Å². The molecule has 0 spiro atoms. The molecule has 0 saturated heterocycles. The van der Waals surface area contributed by atoms with Crippen LogP contribution in [0.2, 0.25) is 0 Å². The maximum absolute atomic E-state index is 13.4. The van der Waals surface area contributed by atoms with Crippen LogP contribution in [0.5, 0.6) is 5.75 Å². The molecule has 1 aromatic carbocycles. The highest BCUT2D eigenvalue weighted by molar-refractivity contribution is 5.54. The smallest absolute Gasteiger partial charge is 0.426 e. The summed E-state index contributed by atoms with van der Waals surface area (Å²) in [6, 6.07) is 2.54. The van der Waals surface area contributed by atoms with E-state index in [0.29, 0.717) is 6.92 Å². The average molecular weight is 223 g/mol. The molecule has 0 aliphatic heterocycles. The number of nitrogens with two attached hydrogens (primary N) is 1. The molecule has 0 saturated carbocycles. The van der Waals surface area contributed by atoms with Gasteiger partial charge in [-0.25, -0.2) is 4.39 Å². The molecule has 2 nitrogen and oxygen atoms in total. The molecule has 3 N–H and O–H groups in total. The molecule has 0 heterocycles. The minimum Gasteiger partial charge on any atom is -0.506 e. The van der Waals surface area contributed by atoms with Crippen LogP contribution in [0.3, 0.4) is 0 Å². The van der Waals surface area contributed by atoms with Crippen LogP contribution in [0.25, 0.3) is 0 Å². The van der Waals surface area contributed by atoms with Crippen molar-refractivity contribution in [3.8, 4) is 5.75 Å². The Labute approximate surface area is 83.3 Å². The summed E-state index contributed by atoms with van der Waals surface area (Å²) in [5, 5.41) is 8.98. The molecule has 0 aromatic heterocycles. The number of nitrogen functional groups attached to an aromatic ring is 1. The molecule has 1 rings (SSSR count). The van der Waals surface area contributed by atoms with Crippen LogP contribution in [0, 0.1) is 0 Å². The van der Waals surface area contributed by atoms with Gasteiger partial charge in [0.1, 0.15) is 5.75 Å². The van der Waals surface area contributed by atoms with Crippen molar-refractivity contribution >= 4 is 5.69 Å². The monoisotopic (exact) mass is 223 g/mol. The maximum atomic E-state index is 13.4. The normalized spacial score (nSPS) is 16.1. The third kappa shape index (κ3) is 1.98. The molecule has 0 fully saturated rings. The van der Waals surface area contributed by atoms with Gasteiger partial charge in [0.25, 0.3) is 0 Å². The molecular formula is C9H9F4NO. The summed E-state index contributed by atoms with van der Waals surface area (Å²) in [5.74, 6) is -0.378. The first-order valence-corrected chi connectivity index (χ1v) is 4.01. The van der Waals surface area contributed by atoms with Gasteiger partial charge in [-0.1, -0.05) is 6.07 Å². The summed E-state index contributed by atoms with van der Waals surface area (Å²) in [7, 11) is 0. The fourth-order valence-corrected chi connectivity index (χ4v) is 1.01. The lowest BCUT2D eigenvalue weighted by molar-refractivity contribution is -0.228. The van der Waals surface area contributed by atoms with Crippen molar-refractivity contribution in [2.75, 3.05) is 5.73 Å². The van der Waals surface area contributed by atoms with Gasteiger partial charge >= 0.3 is 6.18 Å². The number of aromatic hydroxyl groups is 1. The molecule has 6 heteroatoms. The molecule has 0 amide bonds. The van der Waals surface area contributed by atoms with E-state index in [1.165, 1.54) is 0 Å². The zero-order valence-corrected chi connectivity index (χ0v) is 7.77. The van der Waals surface area contributed by atoms with Gasteiger partial charge in [-0.05, 0) is 19.1 Å². The third-order valence-corrected chi connectivity index (χ3v) is 2.10. The Kier molecular flexibility index (Phi) is 2.54. The summed E-state index contributed by atoms with van der Waals surface area (Å²) in [6.07, 6.45) is -5.02. The van der Waals surface area contributed by atoms with Gasteiger partial charge in [0.2, 0.25) is 5.67 Å². The Morgan fingerprint density at radius 2 is 1.73 bits per heavy atom. The second kappa shape index (κ2) is 3.29. The fourth-order valence-electron chi connectivity index (χ4n) is 1.01. The molecule has 15 heavy (non-hydrogen) atoms. The number of hydrogen-bond donors (Lipinski definition) is 2. The van der Waals surface area contributed by atoms with E-state index in [1.807, 2.05) is 0 Å². The molecule has 0 aliphatic rings. The molecule has 84 valence electrons. The van der Waals surface area contributed by atoms with Crippen molar-refractivity contribution in [2.45, 2.75) is 18.8 Å². The van der Waals surface area contributed by atoms with Gasteiger partial charge < -0.3 is 10.8 Å². The first-order chi connectivity index (χ1) is 6.66. The summed E-state index contributed by atoms with van der Waals surface area (Å²) in [4.78, 5) is 0. The van der Waals surface area contributed by atoms with E-state index in [-0.39, 0.29) is 11.4 Å². The Morgan fingerprint density at radius 1 is 1.20 bits per heavy atom. The second-order valence-corrected chi connectivity index (χ2v) is 3.27. The van der Waals surface area contributed by atoms with Crippen molar-refractivity contribution in [1.29, 1.82) is 0 Å². The first kappa shape index (κ1) is 11.6. The fraction of sp³-hybridized carbons (Fsp3) is 0.333. The van der Waals surface area contributed by atoms with Crippen LogP contribution in [-0.2, 0) is 5.67 Å². The van der Waals surface area contributed by atoms with Crippen LogP contribution >= 0.6 is 0 Å². The van der Waals surface area contributed by atoms with E-state index in [1.54, 1.807) is 0 Å². The minimum atomic E-state index is -5.02. The third-order valence-electron chi connectivity index (χ3n) is 2.10. The van der Waals surface area contributed by atoms with Crippen molar-refractivity contribution in [1.82, 2.24) is 0 Å². The van der Waals surface area contributed by atoms with Crippen LogP contribution in [0.15, 0.2) is 18.2 Å². The molecular weight excluding hydrogens is 214 g/mol. The van der Waals surface area contributed by atoms with Gasteiger partial charge in [-0.2, -0.15) is 13.2 Å². The first-order valence-electron chi connectivity index (χ1n) is 4.01. The highest BCUT2D eigenvalue weighted by Gasteiger charge is 2.53. The molecule has 1 unspecified atom stereocenters. The predicted octanol–water partition coefficient (Wildman–Crippen LogP) is 2.72. The molecule has 1 atom stereocenters. The number of phenols is 1. The van der Waals surface area contributed by atoms with E-state index in [2.05, 4.69) is 0 Å². The van der Waals surface area contributed by atoms with Gasteiger partial charge in [-0.3, -0.25) is 0 Å². The predicted molar refractivity (Wildman–Crippen MR) is 47.0 cm³/mol. The van der Waals surface area contributed by atoms with Crippen molar-refractivity contribution < 1.29 is 22.7 Å². The van der Waals surface area contributed by atoms with E-state index >= 15 is 0 Å². The molecule has 1 aromatic rings. The highest BCUT2D eigenvalue weighted by Crippen LogP contribution is 2.43. The Bertz CT molecular complexity index is 373. The number of rotatable bonds is 1. The molecule has 0 radical (unpaired) electrons. The SMILES string of the molecule is CC(F)(c1ccc(O)c(N)c1)C(F)(F)F. The topological polar surface area (TPSA) is 46.2 Å². The lowest BCUT2D eigenvalue weighted by Crippen LogP contribution is -2.34. The average Bonchev–Trinajstić information content (AvgIpc) is 2.07. The summed E-state index contributed by atoms with van der Waals surface area (Å²) < 4.78 is 50.2. The Balaban J connectivity index is 3.22. The van der Waals surface area contributed by atoms with E-state index in [9.17, 15) is 17.6 Å². The number of anilines is 1. The lowest BCUT2D eigenvalue weighted by Gasteiger charge is -2.24. The van der Waals surface area contributed by atoms with E-state index in [4.69, 9.17) is 10.8 Å². The number of halogens is 4. The number of hydrogen-bond acceptors (Lipinski definition) is 2. The van der Waals surface area contributed by atoms with Crippen molar-refractivity contribution in [2.24, 2.45) is 0 Å². The zero-order valence-electron chi connectivity index (χ0n) is 7.77. The van der Waals surface area contributed by atoms with Gasteiger partial charge in [0, 0.05) is 5.56 Å². The zero-order chi connectivity index (χ0) is 11.9. The standard InChI is InChI=1S/C9H9F4NO/c1-8(10,9(11,12)13)5-2-3-7(15)6(14)4-5/h2-4,15H,14H2,1H3. The van der Waals surface area contributed by atoms with Gasteiger partial charge in [-0.15, -0.1) is 0 Å². The van der Waals surface area contributed by atoms with E-state index in [0.717, 1.165) is 18.2 Å². The quantitative estimate of drug-likeness (QED) is 0.437. The molecule has 0 aliphatic carbocycles. The Hall–Kier alpha value is -1.46. The van der Waals surface area contributed by atoms with Crippen molar-refractivity contribution in [3.05, 3.63) is 23.8 Å².